The first-order valence-corrected chi connectivity index (χ1v) is 3.45. The third kappa shape index (κ3) is 1.61. The molecular weight excluding hydrogens is 160 g/mol. The molecule has 0 aromatic carbocycles. The fraction of sp³-hybridized carbons (Fsp3) is 0.500. The first-order chi connectivity index (χ1) is 4.34. The van der Waals surface area contributed by atoms with Crippen molar-refractivity contribution in [1.82, 2.24) is 9.59 Å². The average Bonchev–Trinajstić information content (AvgIpc) is 2.18. The van der Waals surface area contributed by atoms with Crippen LogP contribution in [0.4, 0.5) is 0 Å². The van der Waals surface area contributed by atoms with Crippen molar-refractivity contribution in [2.75, 3.05) is 7.11 Å². The van der Waals surface area contributed by atoms with E-state index < -0.39 is 0 Å². The molecule has 1 aromatic rings. The van der Waals surface area contributed by atoms with E-state index in [0.29, 0.717) is 16.6 Å². The largest absolute Gasteiger partial charge is 0.378 e. The zero-order valence-electron chi connectivity index (χ0n) is 4.80. The van der Waals surface area contributed by atoms with Crippen LogP contribution in [0.3, 0.4) is 0 Å². The summed E-state index contributed by atoms with van der Waals surface area (Å²) >= 11 is 6.80. The van der Waals surface area contributed by atoms with Crippen molar-refractivity contribution in [3.8, 4) is 0 Å². The van der Waals surface area contributed by atoms with E-state index in [9.17, 15) is 0 Å². The van der Waals surface area contributed by atoms with Gasteiger partial charge in [0.2, 0.25) is 0 Å². The maximum absolute atomic E-state index is 5.63. The van der Waals surface area contributed by atoms with E-state index in [1.807, 2.05) is 0 Å². The lowest BCUT2D eigenvalue weighted by Gasteiger charge is -1.89. The summed E-state index contributed by atoms with van der Waals surface area (Å²) in [5.41, 5.74) is 0.712. The van der Waals surface area contributed by atoms with Crippen LogP contribution in [-0.4, -0.2) is 16.7 Å². The molecule has 0 radical (unpaired) electrons. The normalized spacial score (nSPS) is 10.0. The summed E-state index contributed by atoms with van der Waals surface area (Å²) in [6.45, 7) is 0.440. The molecule has 3 nitrogen and oxygen atoms in total. The van der Waals surface area contributed by atoms with Gasteiger partial charge in [-0.2, -0.15) is 0 Å². The Bertz CT molecular complexity index is 190. The minimum absolute atomic E-state index is 0.440. The highest BCUT2D eigenvalue weighted by atomic mass is 35.5. The molecule has 0 spiro atoms. The smallest absolute Gasteiger partial charge is 0.139 e. The van der Waals surface area contributed by atoms with Gasteiger partial charge >= 0.3 is 0 Å². The maximum Gasteiger partial charge on any atom is 0.139 e. The lowest BCUT2D eigenvalue weighted by molar-refractivity contribution is 0.181. The van der Waals surface area contributed by atoms with Gasteiger partial charge in [0, 0.05) is 18.6 Å². The molecule has 0 saturated heterocycles. The van der Waals surface area contributed by atoms with Crippen molar-refractivity contribution in [2.45, 2.75) is 6.61 Å². The predicted molar refractivity (Wildman–Crippen MR) is 35.6 cm³/mol. The average molecular weight is 165 g/mol. The predicted octanol–water partition coefficient (Wildman–Crippen LogP) is 1.34. The molecule has 1 aromatic heterocycles. The van der Waals surface area contributed by atoms with Crippen molar-refractivity contribution in [1.29, 1.82) is 0 Å². The van der Waals surface area contributed by atoms with E-state index >= 15 is 0 Å². The highest BCUT2D eigenvalue weighted by Crippen LogP contribution is 2.17. The fourth-order valence-corrected chi connectivity index (χ4v) is 1.02. The molecule has 0 N–H and O–H groups in total. The number of methoxy groups -OCH3 is 1. The Balaban J connectivity index is 2.69. The van der Waals surface area contributed by atoms with E-state index in [-0.39, 0.29) is 0 Å². The highest BCUT2D eigenvalue weighted by Gasteiger charge is 2.02. The quantitative estimate of drug-likeness (QED) is 0.662. The van der Waals surface area contributed by atoms with Gasteiger partial charge in [-0.15, -0.1) is 5.10 Å². The molecular formula is C4H5ClN2OS. The van der Waals surface area contributed by atoms with E-state index in [4.69, 9.17) is 16.3 Å². The molecule has 5 heteroatoms. The van der Waals surface area contributed by atoms with Gasteiger partial charge in [-0.25, -0.2) is 0 Å². The van der Waals surface area contributed by atoms with Crippen LogP contribution in [0.5, 0.6) is 0 Å². The van der Waals surface area contributed by atoms with Crippen LogP contribution < -0.4 is 0 Å². The second-order valence-electron chi connectivity index (χ2n) is 1.43. The van der Waals surface area contributed by atoms with Crippen LogP contribution in [0.1, 0.15) is 5.69 Å². The van der Waals surface area contributed by atoms with Gasteiger partial charge in [-0.3, -0.25) is 0 Å². The van der Waals surface area contributed by atoms with E-state index in [0.717, 1.165) is 0 Å². The van der Waals surface area contributed by atoms with Crippen molar-refractivity contribution < 1.29 is 4.74 Å². The van der Waals surface area contributed by atoms with E-state index in [2.05, 4.69) is 9.59 Å². The number of halogens is 1. The first-order valence-electron chi connectivity index (χ1n) is 2.30. The highest BCUT2D eigenvalue weighted by molar-refractivity contribution is 7.10. The minimum atomic E-state index is 0.440. The van der Waals surface area contributed by atoms with Crippen molar-refractivity contribution in [3.63, 3.8) is 0 Å². The van der Waals surface area contributed by atoms with Gasteiger partial charge in [0.1, 0.15) is 10.0 Å². The number of ether oxygens (including phenoxy) is 1. The number of hydrogen-bond acceptors (Lipinski definition) is 4. The van der Waals surface area contributed by atoms with Crippen molar-refractivity contribution in [3.05, 3.63) is 10.0 Å². The van der Waals surface area contributed by atoms with Gasteiger partial charge in [0.05, 0.1) is 6.61 Å². The summed E-state index contributed by atoms with van der Waals surface area (Å²) < 4.78 is 9.02. The minimum Gasteiger partial charge on any atom is -0.378 e. The van der Waals surface area contributed by atoms with Crippen LogP contribution in [-0.2, 0) is 11.3 Å². The molecule has 0 aliphatic heterocycles. The molecule has 0 aliphatic rings. The Morgan fingerprint density at radius 2 is 2.56 bits per heavy atom. The van der Waals surface area contributed by atoms with Gasteiger partial charge in [0.25, 0.3) is 0 Å². The Morgan fingerprint density at radius 1 is 1.78 bits per heavy atom. The molecule has 0 atom stereocenters. The van der Waals surface area contributed by atoms with Crippen LogP contribution >= 0.6 is 23.1 Å². The van der Waals surface area contributed by atoms with Crippen molar-refractivity contribution >= 4 is 23.1 Å². The fourth-order valence-electron chi connectivity index (χ4n) is 0.420. The summed E-state index contributed by atoms with van der Waals surface area (Å²) in [7, 11) is 1.59. The molecule has 1 heterocycles. The number of rotatable bonds is 2. The lowest BCUT2D eigenvalue weighted by Crippen LogP contribution is -1.87. The zero-order valence-corrected chi connectivity index (χ0v) is 6.37. The van der Waals surface area contributed by atoms with Gasteiger partial charge in [-0.05, 0) is 0 Å². The van der Waals surface area contributed by atoms with E-state index in [1.165, 1.54) is 11.5 Å². The molecule has 0 aliphatic carbocycles. The molecule has 1 rings (SSSR count). The second kappa shape index (κ2) is 3.10. The maximum atomic E-state index is 5.63. The van der Waals surface area contributed by atoms with Gasteiger partial charge in [0.15, 0.2) is 0 Å². The van der Waals surface area contributed by atoms with Gasteiger partial charge < -0.3 is 4.74 Å². The number of nitrogens with zero attached hydrogens (tertiary/aromatic N) is 2. The molecule has 0 fully saturated rings. The molecule has 0 amide bonds. The first kappa shape index (κ1) is 6.92. The number of aromatic nitrogens is 2. The zero-order chi connectivity index (χ0) is 6.69. The Morgan fingerprint density at radius 3 is 3.00 bits per heavy atom. The standard InChI is InChI=1S/C4H5ClN2OS/c1-8-2-3-4(5)9-7-6-3/h2H2,1H3. The summed E-state index contributed by atoms with van der Waals surface area (Å²) in [6, 6.07) is 0. The van der Waals surface area contributed by atoms with Crippen LogP contribution in [0.2, 0.25) is 4.34 Å². The van der Waals surface area contributed by atoms with Crippen LogP contribution in [0.25, 0.3) is 0 Å². The number of hydrogen-bond donors (Lipinski definition) is 0. The summed E-state index contributed by atoms with van der Waals surface area (Å²) in [5, 5.41) is 3.72. The Kier molecular flexibility index (Phi) is 2.38. The topological polar surface area (TPSA) is 35.0 Å². The monoisotopic (exact) mass is 164 g/mol. The Labute approximate surface area is 61.8 Å². The molecule has 0 saturated carbocycles. The van der Waals surface area contributed by atoms with Crippen LogP contribution in [0, 0.1) is 0 Å². The SMILES string of the molecule is COCc1nnsc1Cl. The van der Waals surface area contributed by atoms with Gasteiger partial charge in [-0.1, -0.05) is 16.1 Å². The van der Waals surface area contributed by atoms with E-state index in [1.54, 1.807) is 7.11 Å². The third-order valence-corrected chi connectivity index (χ3v) is 1.77. The summed E-state index contributed by atoms with van der Waals surface area (Å²) in [6.07, 6.45) is 0. The summed E-state index contributed by atoms with van der Waals surface area (Å²) in [4.78, 5) is 0. The second-order valence-corrected chi connectivity index (χ2v) is 2.78. The third-order valence-electron chi connectivity index (χ3n) is 0.790. The summed E-state index contributed by atoms with van der Waals surface area (Å²) in [5.74, 6) is 0. The molecule has 0 bridgehead atoms. The molecule has 9 heavy (non-hydrogen) atoms. The lowest BCUT2D eigenvalue weighted by atomic mass is 10.5. The molecule has 50 valence electrons. The van der Waals surface area contributed by atoms with Crippen molar-refractivity contribution in [2.24, 2.45) is 0 Å². The van der Waals surface area contributed by atoms with Crippen LogP contribution in [0.15, 0.2) is 0 Å². The Hall–Kier alpha value is -0.190. The molecule has 0 unspecified atom stereocenters.